The molecule has 2 aliphatic heterocycles. The van der Waals surface area contributed by atoms with Crippen LogP contribution in [-0.4, -0.2) is 60.4 Å². The van der Waals surface area contributed by atoms with Crippen molar-refractivity contribution in [3.63, 3.8) is 0 Å². The number of carbonyl (C=O) groups excluding carboxylic acids is 1. The van der Waals surface area contributed by atoms with Crippen molar-refractivity contribution in [1.29, 1.82) is 0 Å². The van der Waals surface area contributed by atoms with Crippen LogP contribution in [0.2, 0.25) is 0 Å². The normalized spacial score (nSPS) is 27.8. The fraction of sp³-hybridized carbons (Fsp3) is 0.667. The Labute approximate surface area is 128 Å². The molecule has 0 aromatic carbocycles. The minimum atomic E-state index is -0.412. The summed E-state index contributed by atoms with van der Waals surface area (Å²) in [6.45, 7) is 2.71. The molecule has 0 unspecified atom stereocenters. The number of thiophene rings is 1. The number of carbonyl (C=O) groups is 1. The molecule has 6 heteroatoms. The monoisotopic (exact) mass is 310 g/mol. The highest BCUT2D eigenvalue weighted by Gasteiger charge is 2.29. The van der Waals surface area contributed by atoms with Crippen LogP contribution in [0.5, 0.6) is 0 Å². The third-order valence-electron chi connectivity index (χ3n) is 4.29. The van der Waals surface area contributed by atoms with E-state index >= 15 is 0 Å². The molecule has 2 saturated heterocycles. The van der Waals surface area contributed by atoms with Gasteiger partial charge in [0.1, 0.15) is 0 Å². The lowest BCUT2D eigenvalue weighted by Gasteiger charge is -2.37. The number of aliphatic hydroxyl groups excluding tert-OH is 1. The molecule has 1 aromatic heterocycles. The smallest absolute Gasteiger partial charge is 0.263 e. The van der Waals surface area contributed by atoms with E-state index in [-0.39, 0.29) is 11.9 Å². The lowest BCUT2D eigenvalue weighted by Crippen LogP contribution is -2.53. The number of nitrogens with zero attached hydrogens (tertiary/aromatic N) is 1. The van der Waals surface area contributed by atoms with Crippen LogP contribution in [0.4, 0.5) is 0 Å². The number of rotatable bonds is 3. The zero-order chi connectivity index (χ0) is 14.7. The SMILES string of the molecule is O=C(c1cccs1)N1CCC(N[C@@H]2CCOC[C@H]2O)CC1. The maximum atomic E-state index is 12.3. The number of piperidine rings is 1. The van der Waals surface area contributed by atoms with Crippen LogP contribution in [0, 0.1) is 0 Å². The summed E-state index contributed by atoms with van der Waals surface area (Å²) in [6.07, 6.45) is 2.34. The van der Waals surface area contributed by atoms with Crippen molar-refractivity contribution in [1.82, 2.24) is 10.2 Å². The number of nitrogens with one attached hydrogen (secondary N) is 1. The van der Waals surface area contributed by atoms with Gasteiger partial charge in [-0.1, -0.05) is 6.07 Å². The van der Waals surface area contributed by atoms with Gasteiger partial charge in [-0.25, -0.2) is 0 Å². The maximum Gasteiger partial charge on any atom is 0.263 e. The summed E-state index contributed by atoms with van der Waals surface area (Å²) >= 11 is 1.50. The molecule has 1 amide bonds. The molecule has 0 bridgehead atoms. The van der Waals surface area contributed by atoms with Gasteiger partial charge in [0.05, 0.1) is 17.6 Å². The quantitative estimate of drug-likeness (QED) is 0.877. The van der Waals surface area contributed by atoms with E-state index in [1.807, 2.05) is 22.4 Å². The summed E-state index contributed by atoms with van der Waals surface area (Å²) < 4.78 is 5.25. The van der Waals surface area contributed by atoms with Crippen LogP contribution in [0.25, 0.3) is 0 Å². The van der Waals surface area contributed by atoms with Gasteiger partial charge in [0.25, 0.3) is 5.91 Å². The maximum absolute atomic E-state index is 12.3. The molecule has 3 rings (SSSR count). The predicted octanol–water partition coefficient (Wildman–Crippen LogP) is 1.09. The standard InChI is InChI=1S/C15H22N2O3S/c18-13-10-20-8-5-12(13)16-11-3-6-17(7-4-11)15(19)14-2-1-9-21-14/h1-2,9,11-13,16,18H,3-8,10H2/t12-,13-/m1/s1. The van der Waals surface area contributed by atoms with E-state index in [0.717, 1.165) is 37.2 Å². The average molecular weight is 310 g/mol. The van der Waals surface area contributed by atoms with Gasteiger partial charge in [-0.05, 0) is 30.7 Å². The second kappa shape index (κ2) is 6.87. The molecule has 2 aliphatic rings. The number of ether oxygens (including phenoxy) is 1. The third-order valence-corrected chi connectivity index (χ3v) is 5.15. The van der Waals surface area contributed by atoms with Crippen LogP contribution >= 0.6 is 11.3 Å². The number of hydrogen-bond donors (Lipinski definition) is 2. The van der Waals surface area contributed by atoms with Gasteiger partial charge in [0.2, 0.25) is 0 Å². The Morgan fingerprint density at radius 2 is 2.19 bits per heavy atom. The Bertz CT molecular complexity index is 457. The van der Waals surface area contributed by atoms with E-state index in [4.69, 9.17) is 4.74 Å². The summed E-state index contributed by atoms with van der Waals surface area (Å²) in [4.78, 5) is 15.0. The molecule has 3 heterocycles. The van der Waals surface area contributed by atoms with Crippen molar-refractivity contribution < 1.29 is 14.6 Å². The van der Waals surface area contributed by atoms with Crippen LogP contribution in [0.1, 0.15) is 28.9 Å². The Morgan fingerprint density at radius 1 is 1.38 bits per heavy atom. The van der Waals surface area contributed by atoms with Crippen LogP contribution in [0.3, 0.4) is 0 Å². The van der Waals surface area contributed by atoms with Crippen LogP contribution < -0.4 is 5.32 Å². The molecular formula is C15H22N2O3S. The summed E-state index contributed by atoms with van der Waals surface area (Å²) in [5, 5.41) is 15.4. The zero-order valence-corrected chi connectivity index (χ0v) is 12.8. The summed E-state index contributed by atoms with van der Waals surface area (Å²) in [5.74, 6) is 0.148. The largest absolute Gasteiger partial charge is 0.389 e. The third kappa shape index (κ3) is 3.63. The summed E-state index contributed by atoms with van der Waals surface area (Å²) in [7, 11) is 0. The van der Waals surface area contributed by atoms with Crippen molar-refractivity contribution in [3.8, 4) is 0 Å². The zero-order valence-electron chi connectivity index (χ0n) is 12.0. The van der Waals surface area contributed by atoms with Gasteiger partial charge in [0.15, 0.2) is 0 Å². The molecule has 116 valence electrons. The van der Waals surface area contributed by atoms with Crippen molar-refractivity contribution in [2.75, 3.05) is 26.3 Å². The molecule has 21 heavy (non-hydrogen) atoms. The number of likely N-dealkylation sites (tertiary alicyclic amines) is 1. The molecule has 0 saturated carbocycles. The lowest BCUT2D eigenvalue weighted by atomic mass is 10.00. The highest BCUT2D eigenvalue weighted by molar-refractivity contribution is 7.12. The predicted molar refractivity (Wildman–Crippen MR) is 81.6 cm³/mol. The lowest BCUT2D eigenvalue weighted by molar-refractivity contribution is -0.0319. The van der Waals surface area contributed by atoms with Gasteiger partial charge in [-0.15, -0.1) is 11.3 Å². The first-order valence-corrected chi connectivity index (χ1v) is 8.46. The van der Waals surface area contributed by atoms with Gasteiger partial charge in [0, 0.05) is 31.8 Å². The van der Waals surface area contributed by atoms with E-state index in [0.29, 0.717) is 19.3 Å². The molecule has 0 spiro atoms. The van der Waals surface area contributed by atoms with E-state index in [9.17, 15) is 9.90 Å². The van der Waals surface area contributed by atoms with Crippen molar-refractivity contribution in [2.24, 2.45) is 0 Å². The highest BCUT2D eigenvalue weighted by atomic mass is 32.1. The minimum absolute atomic E-state index is 0.128. The summed E-state index contributed by atoms with van der Waals surface area (Å²) in [6, 6.07) is 4.31. The summed E-state index contributed by atoms with van der Waals surface area (Å²) in [5.41, 5.74) is 0. The molecule has 2 fully saturated rings. The number of aliphatic hydroxyl groups is 1. The molecule has 5 nitrogen and oxygen atoms in total. The van der Waals surface area contributed by atoms with Gasteiger partial charge >= 0.3 is 0 Å². The molecule has 2 atom stereocenters. The van der Waals surface area contributed by atoms with Gasteiger partial charge in [-0.3, -0.25) is 4.79 Å². The molecule has 0 radical (unpaired) electrons. The Kier molecular flexibility index (Phi) is 4.90. The molecule has 2 N–H and O–H groups in total. The Balaban J connectivity index is 1.47. The highest BCUT2D eigenvalue weighted by Crippen LogP contribution is 2.18. The fourth-order valence-electron chi connectivity index (χ4n) is 3.03. The van der Waals surface area contributed by atoms with E-state index in [1.165, 1.54) is 11.3 Å². The first-order valence-electron chi connectivity index (χ1n) is 7.58. The van der Waals surface area contributed by atoms with Crippen molar-refractivity contribution in [2.45, 2.75) is 37.5 Å². The topological polar surface area (TPSA) is 61.8 Å². The van der Waals surface area contributed by atoms with E-state index in [2.05, 4.69) is 5.32 Å². The molecule has 0 aliphatic carbocycles. The fourth-order valence-corrected chi connectivity index (χ4v) is 3.72. The first kappa shape index (κ1) is 15.0. The van der Waals surface area contributed by atoms with Gasteiger partial charge < -0.3 is 20.1 Å². The van der Waals surface area contributed by atoms with E-state index in [1.54, 1.807) is 0 Å². The molecular weight excluding hydrogens is 288 g/mol. The molecule has 1 aromatic rings. The number of amides is 1. The minimum Gasteiger partial charge on any atom is -0.389 e. The number of hydrogen-bond acceptors (Lipinski definition) is 5. The Hall–Kier alpha value is -0.950. The first-order chi connectivity index (χ1) is 10.2. The second-order valence-corrected chi connectivity index (χ2v) is 6.70. The van der Waals surface area contributed by atoms with Crippen molar-refractivity contribution in [3.05, 3.63) is 22.4 Å². The Morgan fingerprint density at radius 3 is 2.86 bits per heavy atom. The second-order valence-electron chi connectivity index (χ2n) is 5.75. The van der Waals surface area contributed by atoms with Crippen LogP contribution in [0.15, 0.2) is 17.5 Å². The average Bonchev–Trinajstić information content (AvgIpc) is 3.04. The van der Waals surface area contributed by atoms with E-state index < -0.39 is 6.10 Å². The van der Waals surface area contributed by atoms with Crippen LogP contribution in [-0.2, 0) is 4.74 Å². The van der Waals surface area contributed by atoms with Crippen molar-refractivity contribution >= 4 is 17.2 Å². The van der Waals surface area contributed by atoms with Gasteiger partial charge in [-0.2, -0.15) is 0 Å².